The standard InChI is InChI=1S/C11H14BrFN2O2S/c12-8-3-4-11(10(13)6-8)18(16,17)15-7-9-2-1-5-14-9/h3-4,6,9,14-15H,1-2,5,7H2. The van der Waals surface area contributed by atoms with E-state index in [1.165, 1.54) is 12.1 Å². The monoisotopic (exact) mass is 336 g/mol. The Hall–Kier alpha value is -0.500. The maximum absolute atomic E-state index is 13.6. The van der Waals surface area contributed by atoms with Crippen LogP contribution in [0.2, 0.25) is 0 Å². The lowest BCUT2D eigenvalue weighted by molar-refractivity contribution is 0.538. The van der Waals surface area contributed by atoms with Crippen LogP contribution in [0.25, 0.3) is 0 Å². The van der Waals surface area contributed by atoms with Gasteiger partial charge in [0.1, 0.15) is 10.7 Å². The van der Waals surface area contributed by atoms with Crippen molar-refractivity contribution in [2.45, 2.75) is 23.8 Å². The number of hydrogen-bond donors (Lipinski definition) is 2. The first kappa shape index (κ1) is 13.9. The van der Waals surface area contributed by atoms with E-state index in [0.717, 1.165) is 25.5 Å². The Bertz CT molecular complexity index is 530. The van der Waals surface area contributed by atoms with E-state index in [1.54, 1.807) is 0 Å². The minimum Gasteiger partial charge on any atom is -0.313 e. The molecule has 1 aliphatic heterocycles. The summed E-state index contributed by atoms with van der Waals surface area (Å²) in [6.07, 6.45) is 1.98. The molecule has 1 fully saturated rings. The number of rotatable bonds is 4. The zero-order valence-electron chi connectivity index (χ0n) is 9.62. The van der Waals surface area contributed by atoms with Crippen LogP contribution in [0.15, 0.2) is 27.6 Å². The SMILES string of the molecule is O=S(=O)(NCC1CCCN1)c1ccc(Br)cc1F. The van der Waals surface area contributed by atoms with Gasteiger partial charge in [0.05, 0.1) is 0 Å². The van der Waals surface area contributed by atoms with Crippen LogP contribution in [-0.4, -0.2) is 27.5 Å². The van der Waals surface area contributed by atoms with Crippen LogP contribution in [0.4, 0.5) is 4.39 Å². The molecule has 4 nitrogen and oxygen atoms in total. The Kier molecular flexibility index (Phi) is 4.37. The zero-order chi connectivity index (χ0) is 13.2. The highest BCUT2D eigenvalue weighted by Crippen LogP contribution is 2.19. The molecule has 7 heteroatoms. The summed E-state index contributed by atoms with van der Waals surface area (Å²) in [4.78, 5) is -0.316. The summed E-state index contributed by atoms with van der Waals surface area (Å²) in [5.74, 6) is -0.753. The first-order chi connectivity index (χ1) is 8.49. The van der Waals surface area contributed by atoms with Gasteiger partial charge in [-0.2, -0.15) is 0 Å². The van der Waals surface area contributed by atoms with Crippen molar-refractivity contribution in [2.75, 3.05) is 13.1 Å². The van der Waals surface area contributed by atoms with E-state index in [-0.39, 0.29) is 17.5 Å². The highest BCUT2D eigenvalue weighted by molar-refractivity contribution is 9.10. The van der Waals surface area contributed by atoms with E-state index in [4.69, 9.17) is 0 Å². The van der Waals surface area contributed by atoms with Crippen molar-refractivity contribution in [2.24, 2.45) is 0 Å². The summed E-state index contributed by atoms with van der Waals surface area (Å²) >= 11 is 3.09. The fraction of sp³-hybridized carbons (Fsp3) is 0.455. The van der Waals surface area contributed by atoms with Crippen LogP contribution in [0.3, 0.4) is 0 Å². The fourth-order valence-corrected chi connectivity index (χ4v) is 3.38. The minimum atomic E-state index is -3.78. The topological polar surface area (TPSA) is 58.2 Å². The Labute approximate surface area is 114 Å². The van der Waals surface area contributed by atoms with Gasteiger partial charge in [-0.3, -0.25) is 0 Å². The third-order valence-electron chi connectivity index (χ3n) is 2.87. The predicted molar refractivity (Wildman–Crippen MR) is 70.3 cm³/mol. The van der Waals surface area contributed by atoms with Gasteiger partial charge in [0.15, 0.2) is 0 Å². The van der Waals surface area contributed by atoms with Gasteiger partial charge < -0.3 is 5.32 Å². The number of nitrogens with one attached hydrogen (secondary N) is 2. The Balaban J connectivity index is 2.09. The number of halogens is 2. The van der Waals surface area contributed by atoms with Crippen LogP contribution in [0.1, 0.15) is 12.8 Å². The molecule has 0 aliphatic carbocycles. The average Bonchev–Trinajstić information content (AvgIpc) is 2.78. The molecule has 0 aromatic heterocycles. The van der Waals surface area contributed by atoms with Crippen LogP contribution < -0.4 is 10.0 Å². The van der Waals surface area contributed by atoms with Gasteiger partial charge in [0, 0.05) is 17.1 Å². The summed E-state index contributed by atoms with van der Waals surface area (Å²) in [7, 11) is -3.78. The molecule has 0 saturated carbocycles. The lowest BCUT2D eigenvalue weighted by Gasteiger charge is -2.12. The second-order valence-electron chi connectivity index (χ2n) is 4.22. The average molecular weight is 337 g/mol. The van der Waals surface area contributed by atoms with Crippen molar-refractivity contribution in [1.82, 2.24) is 10.0 Å². The van der Waals surface area contributed by atoms with Crippen molar-refractivity contribution in [3.63, 3.8) is 0 Å². The van der Waals surface area contributed by atoms with Gasteiger partial charge in [0.25, 0.3) is 0 Å². The summed E-state index contributed by atoms with van der Waals surface area (Å²) < 4.78 is 40.4. The third kappa shape index (κ3) is 3.28. The molecule has 100 valence electrons. The van der Waals surface area contributed by atoms with Gasteiger partial charge in [0.2, 0.25) is 10.0 Å². The van der Waals surface area contributed by atoms with E-state index in [9.17, 15) is 12.8 Å². The molecule has 1 saturated heterocycles. The highest BCUT2D eigenvalue weighted by atomic mass is 79.9. The predicted octanol–water partition coefficient (Wildman–Crippen LogP) is 1.62. The van der Waals surface area contributed by atoms with Crippen LogP contribution >= 0.6 is 15.9 Å². The summed E-state index contributed by atoms with van der Waals surface area (Å²) in [5, 5.41) is 3.18. The molecule has 1 aliphatic rings. The minimum absolute atomic E-state index is 0.137. The van der Waals surface area contributed by atoms with Gasteiger partial charge >= 0.3 is 0 Å². The molecular weight excluding hydrogens is 323 g/mol. The Morgan fingerprint density at radius 2 is 2.28 bits per heavy atom. The molecule has 1 unspecified atom stereocenters. The van der Waals surface area contributed by atoms with Gasteiger partial charge in [-0.05, 0) is 37.6 Å². The summed E-state index contributed by atoms with van der Waals surface area (Å²) in [5.41, 5.74) is 0. The molecule has 1 aromatic rings. The summed E-state index contributed by atoms with van der Waals surface area (Å²) in [6.45, 7) is 1.19. The van der Waals surface area contributed by atoms with Crippen molar-refractivity contribution in [3.05, 3.63) is 28.5 Å². The first-order valence-corrected chi connectivity index (χ1v) is 7.95. The molecule has 1 heterocycles. The molecule has 0 spiro atoms. The van der Waals surface area contributed by atoms with E-state index < -0.39 is 15.8 Å². The van der Waals surface area contributed by atoms with Gasteiger partial charge in [-0.15, -0.1) is 0 Å². The van der Waals surface area contributed by atoms with Crippen LogP contribution in [0, 0.1) is 5.82 Å². The largest absolute Gasteiger partial charge is 0.313 e. The second-order valence-corrected chi connectivity index (χ2v) is 6.87. The highest BCUT2D eigenvalue weighted by Gasteiger charge is 2.21. The van der Waals surface area contributed by atoms with E-state index in [0.29, 0.717) is 4.47 Å². The fourth-order valence-electron chi connectivity index (χ4n) is 1.91. The molecule has 1 atom stereocenters. The number of hydrogen-bond acceptors (Lipinski definition) is 3. The van der Waals surface area contributed by atoms with E-state index >= 15 is 0 Å². The number of benzene rings is 1. The number of sulfonamides is 1. The lowest BCUT2D eigenvalue weighted by atomic mass is 10.2. The van der Waals surface area contributed by atoms with Crippen LogP contribution in [0.5, 0.6) is 0 Å². The third-order valence-corrected chi connectivity index (χ3v) is 4.82. The quantitative estimate of drug-likeness (QED) is 0.878. The van der Waals surface area contributed by atoms with Gasteiger partial charge in [-0.25, -0.2) is 17.5 Å². The molecule has 18 heavy (non-hydrogen) atoms. The molecule has 1 aromatic carbocycles. The Morgan fingerprint density at radius 1 is 1.50 bits per heavy atom. The normalized spacial score (nSPS) is 20.2. The van der Waals surface area contributed by atoms with Gasteiger partial charge in [-0.1, -0.05) is 15.9 Å². The molecular formula is C11H14BrFN2O2S. The van der Waals surface area contributed by atoms with Crippen molar-refractivity contribution in [3.8, 4) is 0 Å². The smallest absolute Gasteiger partial charge is 0.243 e. The first-order valence-electron chi connectivity index (χ1n) is 5.67. The molecule has 0 radical (unpaired) electrons. The van der Waals surface area contributed by atoms with Crippen molar-refractivity contribution in [1.29, 1.82) is 0 Å². The molecule has 0 bridgehead atoms. The maximum atomic E-state index is 13.6. The maximum Gasteiger partial charge on any atom is 0.243 e. The van der Waals surface area contributed by atoms with Crippen molar-refractivity contribution >= 4 is 26.0 Å². The zero-order valence-corrected chi connectivity index (χ0v) is 12.0. The Morgan fingerprint density at radius 3 is 2.89 bits per heavy atom. The second kappa shape index (κ2) is 5.64. The molecule has 2 N–H and O–H groups in total. The van der Waals surface area contributed by atoms with Crippen LogP contribution in [-0.2, 0) is 10.0 Å². The lowest BCUT2D eigenvalue weighted by Crippen LogP contribution is -2.37. The van der Waals surface area contributed by atoms with E-state index in [2.05, 4.69) is 26.0 Å². The van der Waals surface area contributed by atoms with Crippen molar-refractivity contribution < 1.29 is 12.8 Å². The van der Waals surface area contributed by atoms with E-state index in [1.807, 2.05) is 0 Å². The summed E-state index contributed by atoms with van der Waals surface area (Å²) in [6, 6.07) is 4.04. The molecule has 2 rings (SSSR count). The molecule has 0 amide bonds.